The Labute approximate surface area is 417 Å². The summed E-state index contributed by atoms with van der Waals surface area (Å²) in [6, 6.07) is 28.9. The minimum atomic E-state index is -4.33. The molecule has 0 aliphatic heterocycles. The van der Waals surface area contributed by atoms with Gasteiger partial charge in [0.25, 0.3) is 0 Å². The van der Waals surface area contributed by atoms with Gasteiger partial charge in [-0.3, -0.25) is 0 Å². The number of hydrogen-bond donors (Lipinski definition) is 3. The van der Waals surface area contributed by atoms with Crippen LogP contribution < -0.4 is 30.4 Å². The molecule has 6 rings (SSSR count). The lowest BCUT2D eigenvalue weighted by molar-refractivity contribution is -0.186. The van der Waals surface area contributed by atoms with E-state index in [2.05, 4.69) is 0 Å². The lowest BCUT2D eigenvalue weighted by atomic mass is 9.91. The third-order valence-corrected chi connectivity index (χ3v) is 10.7. The molecule has 6 aromatic carbocycles. The Morgan fingerprint density at radius 1 is 0.527 bits per heavy atom. The average molecular weight is 1040 g/mol. The minimum Gasteiger partial charge on any atom is -0.494 e. The zero-order valence-corrected chi connectivity index (χ0v) is 38.8. The second kappa shape index (κ2) is 24.0. The third kappa shape index (κ3) is 17.0. The van der Waals surface area contributed by atoms with E-state index >= 15 is 17.6 Å². The maximum absolute atomic E-state index is 15.2. The molecule has 0 aliphatic carbocycles. The number of ether oxygens (including phenoxy) is 5. The molecule has 74 heavy (non-hydrogen) atoms. The van der Waals surface area contributed by atoms with Crippen LogP contribution in [0.25, 0.3) is 23.3 Å². The number of carbonyl (C=O) groups excluding carboxylic acids is 1. The lowest BCUT2D eigenvalue weighted by Gasteiger charge is -2.19. The summed E-state index contributed by atoms with van der Waals surface area (Å²) < 4.78 is 160. The van der Waals surface area contributed by atoms with Crippen molar-refractivity contribution in [3.05, 3.63) is 178 Å². The maximum Gasteiger partial charge on any atom is 0.426 e. The van der Waals surface area contributed by atoms with Gasteiger partial charge in [0.05, 0.1) is 24.3 Å². The number of esters is 1. The monoisotopic (exact) mass is 1040 g/mol. The molecular formula is C54H46F10N2O8. The summed E-state index contributed by atoms with van der Waals surface area (Å²) in [4.78, 5) is 25.5. The average Bonchev–Trinajstić information content (AvgIpc) is 3.33. The van der Waals surface area contributed by atoms with Crippen LogP contribution in [0.3, 0.4) is 0 Å². The lowest BCUT2D eigenvalue weighted by Crippen LogP contribution is -2.21. The molecule has 0 amide bonds. The Balaban J connectivity index is 1.07. The van der Waals surface area contributed by atoms with Crippen LogP contribution in [0.5, 0.6) is 23.0 Å². The van der Waals surface area contributed by atoms with Gasteiger partial charge in [0, 0.05) is 42.3 Å². The predicted octanol–water partition coefficient (Wildman–Crippen LogP) is 13.7. The summed E-state index contributed by atoms with van der Waals surface area (Å²) in [5, 5.41) is 10.3. The van der Waals surface area contributed by atoms with Gasteiger partial charge in [0.1, 0.15) is 29.6 Å². The van der Waals surface area contributed by atoms with Gasteiger partial charge in [-0.1, -0.05) is 36.4 Å². The van der Waals surface area contributed by atoms with Crippen molar-refractivity contribution in [2.45, 2.75) is 63.3 Å². The Hall–Kier alpha value is -8.16. The van der Waals surface area contributed by atoms with Gasteiger partial charge in [-0.15, -0.1) is 0 Å². The zero-order valence-electron chi connectivity index (χ0n) is 38.8. The molecule has 0 aliphatic rings. The molecule has 0 radical (unpaired) electrons. The van der Waals surface area contributed by atoms with Crippen LogP contribution in [0.4, 0.5) is 55.3 Å². The van der Waals surface area contributed by atoms with Gasteiger partial charge in [0.2, 0.25) is 0 Å². The van der Waals surface area contributed by atoms with E-state index in [4.69, 9.17) is 35.2 Å². The second-order valence-corrected chi connectivity index (χ2v) is 16.5. The van der Waals surface area contributed by atoms with E-state index in [9.17, 15) is 41.0 Å². The summed E-state index contributed by atoms with van der Waals surface area (Å²) in [5.74, 6) is -2.28. The normalized spacial score (nSPS) is 12.4. The Morgan fingerprint density at radius 2 is 0.946 bits per heavy atom. The van der Waals surface area contributed by atoms with Crippen molar-refractivity contribution < 1.29 is 82.3 Å². The maximum atomic E-state index is 15.2. The smallest absolute Gasteiger partial charge is 0.426 e. The molecule has 0 spiro atoms. The van der Waals surface area contributed by atoms with Crippen molar-refractivity contribution in [1.82, 2.24) is 0 Å². The largest absolute Gasteiger partial charge is 0.494 e. The van der Waals surface area contributed by atoms with Crippen molar-refractivity contribution in [2.75, 3.05) is 24.7 Å². The summed E-state index contributed by atoms with van der Waals surface area (Å²) in [7, 11) is 0. The number of benzene rings is 6. The molecule has 0 saturated carbocycles. The molecule has 0 heterocycles. The van der Waals surface area contributed by atoms with E-state index in [0.29, 0.717) is 39.2 Å². The molecule has 10 nitrogen and oxygen atoms in total. The van der Waals surface area contributed by atoms with Crippen LogP contribution in [0.2, 0.25) is 0 Å². The number of carboxylic acid groups (broad SMARTS) is 1. The van der Waals surface area contributed by atoms with Crippen molar-refractivity contribution >= 4 is 35.5 Å². The van der Waals surface area contributed by atoms with Crippen molar-refractivity contribution in [3.8, 4) is 34.1 Å². The van der Waals surface area contributed by atoms with Gasteiger partial charge < -0.3 is 40.3 Å². The fraction of sp³-hybridized carbons (Fsp3) is 0.222. The number of nitrogen functional groups attached to an aromatic ring is 2. The number of rotatable bonds is 23. The van der Waals surface area contributed by atoms with Crippen LogP contribution >= 0.6 is 0 Å². The van der Waals surface area contributed by atoms with E-state index in [1.54, 1.807) is 36.4 Å². The topological polar surface area (TPSA) is 153 Å². The first-order valence-corrected chi connectivity index (χ1v) is 22.4. The molecule has 5 N–H and O–H groups in total. The number of carbonyl (C=O) groups is 2. The van der Waals surface area contributed by atoms with Crippen LogP contribution in [0.1, 0.15) is 59.1 Å². The van der Waals surface area contributed by atoms with Crippen molar-refractivity contribution in [1.29, 1.82) is 0 Å². The number of alkyl halides is 10. The van der Waals surface area contributed by atoms with Crippen molar-refractivity contribution in [2.24, 2.45) is 0 Å². The van der Waals surface area contributed by atoms with Gasteiger partial charge in [-0.05, 0) is 155 Å². The molecule has 0 atom stereocenters. The van der Waals surface area contributed by atoms with E-state index in [0.717, 1.165) is 30.3 Å². The van der Waals surface area contributed by atoms with Gasteiger partial charge in [-0.2, -0.15) is 43.9 Å². The molecule has 6 aromatic rings. The molecule has 0 bridgehead atoms. The number of hydrogen-bond acceptors (Lipinski definition) is 9. The van der Waals surface area contributed by atoms with E-state index in [1.165, 1.54) is 84.9 Å². The van der Waals surface area contributed by atoms with Crippen LogP contribution in [0.15, 0.2) is 145 Å². The van der Waals surface area contributed by atoms with Gasteiger partial charge in [0.15, 0.2) is 0 Å². The van der Waals surface area contributed by atoms with Crippen molar-refractivity contribution in [3.63, 3.8) is 0 Å². The summed E-state index contributed by atoms with van der Waals surface area (Å²) in [6.07, 6.45) is -15.4. The molecule has 20 heteroatoms. The van der Waals surface area contributed by atoms with Crippen LogP contribution in [-0.4, -0.2) is 42.6 Å². The summed E-state index contributed by atoms with van der Waals surface area (Å²) >= 11 is 0. The quantitative estimate of drug-likeness (QED) is 0.0186. The SMILES string of the molecule is Nc1ccc(-c2ccc(N)cc2CC(=Cc2ccc(C(F)(F)Oc3ccc(OCCCC(F)(F)F)cc3)cc2)C(=O)O)c(COC(=O)C=Cc2ccc(C(F)(F)Oc3ccc(OCCCC(F)(F)F)cc3)cc2)c1. The number of anilines is 2. The highest BCUT2D eigenvalue weighted by Gasteiger charge is 2.36. The third-order valence-electron chi connectivity index (χ3n) is 10.7. The first kappa shape index (κ1) is 55.2. The fourth-order valence-electron chi connectivity index (χ4n) is 7.08. The minimum absolute atomic E-state index is 0.146. The molecule has 390 valence electrons. The van der Waals surface area contributed by atoms with Crippen LogP contribution in [0, 0.1) is 0 Å². The molecule has 0 saturated heterocycles. The highest BCUT2D eigenvalue weighted by molar-refractivity contribution is 5.93. The second-order valence-electron chi connectivity index (χ2n) is 16.5. The molecule has 0 unspecified atom stereocenters. The number of halogens is 10. The summed E-state index contributed by atoms with van der Waals surface area (Å²) in [6.45, 7) is -0.754. The Bertz CT molecular complexity index is 2910. The standard InChI is InChI=1S/C54H46F10N2O8/c55-51(56,57)25-1-27-70-43-14-18-45(19-15-43)73-53(61,62)39-8-3-34(4-9-39)7-24-49(67)72-33-38-32-42(66)13-23-48(38)47-22-12-41(65)31-36(47)30-37(50(68)69)29-35-5-10-40(11-6-35)54(63,64)74-46-20-16-44(17-21-46)71-28-2-26-52(58,59)60/h3-24,29,31-32H,1-2,25-28,30,33,65-66H2,(H,68,69). The first-order valence-electron chi connectivity index (χ1n) is 22.4. The zero-order chi connectivity index (χ0) is 53.7. The number of aliphatic carboxylic acids is 1. The van der Waals surface area contributed by atoms with Gasteiger partial charge in [-0.25, -0.2) is 9.59 Å². The number of nitrogens with two attached hydrogens (primary N) is 2. The van der Waals surface area contributed by atoms with E-state index in [1.807, 2.05) is 0 Å². The molecule has 0 fully saturated rings. The number of carboxylic acids is 1. The fourth-order valence-corrected chi connectivity index (χ4v) is 7.08. The predicted molar refractivity (Wildman–Crippen MR) is 255 cm³/mol. The van der Waals surface area contributed by atoms with Crippen LogP contribution in [-0.2, 0) is 39.6 Å². The highest BCUT2D eigenvalue weighted by Crippen LogP contribution is 2.36. The highest BCUT2D eigenvalue weighted by atomic mass is 19.4. The van der Waals surface area contributed by atoms with E-state index < -0.39 is 60.5 Å². The Kier molecular flexibility index (Phi) is 17.9. The molecule has 0 aromatic heterocycles. The Morgan fingerprint density at radius 3 is 1.39 bits per heavy atom. The summed E-state index contributed by atoms with van der Waals surface area (Å²) in [5.41, 5.74) is 14.1. The van der Waals surface area contributed by atoms with E-state index in [-0.39, 0.29) is 73.2 Å². The van der Waals surface area contributed by atoms with Gasteiger partial charge >= 0.3 is 36.5 Å². The molecular weight excluding hydrogens is 995 g/mol. The first-order chi connectivity index (χ1) is 34.9.